The smallest absolute Gasteiger partial charge is 0.237 e. The van der Waals surface area contributed by atoms with Crippen LogP contribution in [0.1, 0.15) is 37.9 Å². The fourth-order valence-corrected chi connectivity index (χ4v) is 4.42. The predicted octanol–water partition coefficient (Wildman–Crippen LogP) is 2.95. The molecule has 1 aromatic carbocycles. The van der Waals surface area contributed by atoms with Crippen LogP contribution in [0.4, 0.5) is 0 Å². The van der Waals surface area contributed by atoms with Gasteiger partial charge in [-0.15, -0.1) is 24.8 Å². The van der Waals surface area contributed by atoms with Gasteiger partial charge in [0.2, 0.25) is 5.91 Å². The summed E-state index contributed by atoms with van der Waals surface area (Å²) in [6.45, 7) is 4.64. The van der Waals surface area contributed by atoms with Gasteiger partial charge in [-0.1, -0.05) is 23.7 Å². The van der Waals surface area contributed by atoms with Crippen molar-refractivity contribution in [3.8, 4) is 0 Å². The number of rotatable bonds is 3. The first-order valence-electron chi connectivity index (χ1n) is 9.26. The average Bonchev–Trinajstić information content (AvgIpc) is 3.20. The Bertz CT molecular complexity index is 631. The molecular weight excluding hydrogens is 409 g/mol. The van der Waals surface area contributed by atoms with Gasteiger partial charge in [0.15, 0.2) is 0 Å². The first-order chi connectivity index (χ1) is 12.1. The molecule has 0 aromatic heterocycles. The fraction of sp³-hybridized carbons (Fsp3) is 0.632. The first-order valence-corrected chi connectivity index (χ1v) is 9.64. The standard InChI is InChI=1S/C19H26ClN3O2.2ClH/c1-12-2-7-17(21-12)19(24)22-15-8-16-11-25-18(10-23(16)9-15)13-3-5-14(20)6-4-13;;/h3-6,12,15-18,21H,2,7-11H2,1H3,(H,22,24);2*1H/t12-,15+,16-,17-,18+;;/m0../s1. The molecule has 8 heteroatoms. The van der Waals surface area contributed by atoms with E-state index < -0.39 is 0 Å². The van der Waals surface area contributed by atoms with Gasteiger partial charge in [0.1, 0.15) is 0 Å². The summed E-state index contributed by atoms with van der Waals surface area (Å²) in [7, 11) is 0. The Labute approximate surface area is 178 Å². The minimum atomic E-state index is -0.0225. The molecule has 0 aliphatic carbocycles. The molecule has 3 aliphatic heterocycles. The highest BCUT2D eigenvalue weighted by molar-refractivity contribution is 6.30. The Morgan fingerprint density at radius 3 is 2.63 bits per heavy atom. The molecule has 3 fully saturated rings. The Morgan fingerprint density at radius 1 is 1.22 bits per heavy atom. The third-order valence-corrected chi connectivity index (χ3v) is 5.95. The van der Waals surface area contributed by atoms with Crippen LogP contribution in [0.5, 0.6) is 0 Å². The molecule has 2 N–H and O–H groups in total. The van der Waals surface area contributed by atoms with Crippen LogP contribution in [0.15, 0.2) is 24.3 Å². The highest BCUT2D eigenvalue weighted by Gasteiger charge is 2.39. The van der Waals surface area contributed by atoms with Gasteiger partial charge in [0.25, 0.3) is 0 Å². The number of carbonyl (C=O) groups excluding carboxylic acids is 1. The van der Waals surface area contributed by atoms with Crippen LogP contribution in [0.25, 0.3) is 0 Å². The van der Waals surface area contributed by atoms with Crippen molar-refractivity contribution in [1.29, 1.82) is 0 Å². The summed E-state index contributed by atoms with van der Waals surface area (Å²) in [5.74, 6) is 0.157. The van der Waals surface area contributed by atoms with Crippen LogP contribution >= 0.6 is 36.4 Å². The first kappa shape index (κ1) is 22.7. The molecule has 1 aromatic rings. The molecule has 0 bridgehead atoms. The summed E-state index contributed by atoms with van der Waals surface area (Å²) in [5, 5.41) is 7.35. The van der Waals surface area contributed by atoms with E-state index in [0.29, 0.717) is 12.1 Å². The zero-order chi connectivity index (χ0) is 17.4. The summed E-state index contributed by atoms with van der Waals surface area (Å²) in [5.41, 5.74) is 1.17. The highest BCUT2D eigenvalue weighted by atomic mass is 35.5. The van der Waals surface area contributed by atoms with Gasteiger partial charge in [-0.25, -0.2) is 0 Å². The van der Waals surface area contributed by atoms with E-state index >= 15 is 0 Å². The van der Waals surface area contributed by atoms with Crippen LogP contribution in [0, 0.1) is 0 Å². The van der Waals surface area contributed by atoms with Crippen molar-refractivity contribution in [3.63, 3.8) is 0 Å². The van der Waals surface area contributed by atoms with Crippen molar-refractivity contribution in [2.24, 2.45) is 0 Å². The maximum atomic E-state index is 12.4. The molecule has 0 unspecified atom stereocenters. The number of amides is 1. The highest BCUT2D eigenvalue weighted by Crippen LogP contribution is 2.31. The van der Waals surface area contributed by atoms with Crippen molar-refractivity contribution in [3.05, 3.63) is 34.9 Å². The molecular formula is C19H28Cl3N3O2. The van der Waals surface area contributed by atoms with Crippen LogP contribution < -0.4 is 10.6 Å². The van der Waals surface area contributed by atoms with E-state index in [-0.39, 0.29) is 48.9 Å². The normalized spacial score (nSPS) is 32.9. The number of hydrogen-bond acceptors (Lipinski definition) is 4. The number of hydrogen-bond donors (Lipinski definition) is 2. The number of fused-ring (bicyclic) bond motifs is 1. The molecule has 0 spiro atoms. The minimum absolute atomic E-state index is 0. The number of nitrogens with zero attached hydrogens (tertiary/aromatic N) is 1. The fourth-order valence-electron chi connectivity index (χ4n) is 4.29. The molecule has 4 rings (SSSR count). The monoisotopic (exact) mass is 435 g/mol. The quantitative estimate of drug-likeness (QED) is 0.765. The van der Waals surface area contributed by atoms with Crippen molar-refractivity contribution >= 4 is 42.3 Å². The molecule has 3 saturated heterocycles. The zero-order valence-electron chi connectivity index (χ0n) is 15.4. The number of carbonyl (C=O) groups is 1. The van der Waals surface area contributed by atoms with E-state index in [1.807, 2.05) is 24.3 Å². The number of morpholine rings is 1. The molecule has 0 saturated carbocycles. The lowest BCUT2D eigenvalue weighted by Crippen LogP contribution is -2.47. The molecule has 152 valence electrons. The van der Waals surface area contributed by atoms with Gasteiger partial charge in [-0.2, -0.15) is 0 Å². The molecule has 1 amide bonds. The van der Waals surface area contributed by atoms with Gasteiger partial charge >= 0.3 is 0 Å². The maximum Gasteiger partial charge on any atom is 0.237 e. The third kappa shape index (κ3) is 5.28. The van der Waals surface area contributed by atoms with Crippen LogP contribution in [0.3, 0.4) is 0 Å². The second-order valence-corrected chi connectivity index (χ2v) is 8.06. The molecule has 27 heavy (non-hydrogen) atoms. The van der Waals surface area contributed by atoms with Crippen molar-refractivity contribution in [1.82, 2.24) is 15.5 Å². The zero-order valence-corrected chi connectivity index (χ0v) is 17.8. The van der Waals surface area contributed by atoms with Crippen molar-refractivity contribution in [2.45, 2.75) is 56.5 Å². The topological polar surface area (TPSA) is 53.6 Å². The summed E-state index contributed by atoms with van der Waals surface area (Å²) >= 11 is 5.97. The molecule has 5 nitrogen and oxygen atoms in total. The summed E-state index contributed by atoms with van der Waals surface area (Å²) in [6.07, 6.45) is 3.07. The van der Waals surface area contributed by atoms with E-state index in [9.17, 15) is 4.79 Å². The van der Waals surface area contributed by atoms with Crippen LogP contribution in [-0.4, -0.2) is 54.7 Å². The van der Waals surface area contributed by atoms with Crippen molar-refractivity contribution < 1.29 is 9.53 Å². The Hall–Kier alpha value is -0.560. The molecule has 3 heterocycles. The molecule has 3 aliphatic rings. The lowest BCUT2D eigenvalue weighted by Gasteiger charge is -2.35. The number of halogens is 3. The summed E-state index contributed by atoms with van der Waals surface area (Å²) < 4.78 is 6.08. The van der Waals surface area contributed by atoms with Crippen molar-refractivity contribution in [2.75, 3.05) is 19.7 Å². The number of nitrogens with one attached hydrogen (secondary N) is 2. The van der Waals surface area contributed by atoms with Gasteiger partial charge in [0, 0.05) is 36.2 Å². The Kier molecular flexibility index (Phi) is 8.22. The van der Waals surface area contributed by atoms with Crippen LogP contribution in [-0.2, 0) is 9.53 Å². The van der Waals surface area contributed by atoms with E-state index in [2.05, 4.69) is 22.5 Å². The van der Waals surface area contributed by atoms with Gasteiger partial charge in [0.05, 0.1) is 18.8 Å². The minimum Gasteiger partial charge on any atom is -0.371 e. The van der Waals surface area contributed by atoms with E-state index in [1.54, 1.807) is 0 Å². The summed E-state index contributed by atoms with van der Waals surface area (Å²) in [6, 6.07) is 8.95. The summed E-state index contributed by atoms with van der Waals surface area (Å²) in [4.78, 5) is 14.9. The maximum absolute atomic E-state index is 12.4. The average molecular weight is 437 g/mol. The number of benzene rings is 1. The lowest BCUT2D eigenvalue weighted by molar-refractivity contribution is -0.123. The second-order valence-electron chi connectivity index (χ2n) is 7.62. The second kappa shape index (κ2) is 9.77. The van der Waals surface area contributed by atoms with Gasteiger partial charge in [-0.05, 0) is 43.9 Å². The van der Waals surface area contributed by atoms with E-state index in [0.717, 1.165) is 44.0 Å². The lowest BCUT2D eigenvalue weighted by atomic mass is 10.1. The molecule has 0 radical (unpaired) electrons. The third-order valence-electron chi connectivity index (χ3n) is 5.70. The van der Waals surface area contributed by atoms with Crippen LogP contribution in [0.2, 0.25) is 5.02 Å². The van der Waals surface area contributed by atoms with Gasteiger partial charge < -0.3 is 15.4 Å². The van der Waals surface area contributed by atoms with E-state index in [1.165, 1.54) is 5.56 Å². The Morgan fingerprint density at radius 2 is 1.96 bits per heavy atom. The van der Waals surface area contributed by atoms with E-state index in [4.69, 9.17) is 16.3 Å². The largest absolute Gasteiger partial charge is 0.371 e. The number of ether oxygens (including phenoxy) is 1. The van der Waals surface area contributed by atoms with Gasteiger partial charge in [-0.3, -0.25) is 9.69 Å². The molecule has 5 atom stereocenters. The predicted molar refractivity (Wildman–Crippen MR) is 112 cm³/mol. The Balaban J connectivity index is 0.00000131. The SMILES string of the molecule is C[C@H]1CC[C@@H](C(=O)N[C@@H]2C[C@H]3CO[C@@H](c4ccc(Cl)cc4)CN3C2)N1.Cl.Cl.